The van der Waals surface area contributed by atoms with Crippen LogP contribution in [0, 0.1) is 0 Å². The lowest BCUT2D eigenvalue weighted by molar-refractivity contribution is 1.37. The summed E-state index contributed by atoms with van der Waals surface area (Å²) >= 11 is 5.10. The first-order valence-electron chi connectivity index (χ1n) is 5.81. The molecule has 3 aromatic rings. The van der Waals surface area contributed by atoms with Gasteiger partial charge in [0.2, 0.25) is 0 Å². The number of nitrogens with zero attached hydrogens (tertiary/aromatic N) is 1. The molecular formula is C15H11BrN2S. The summed E-state index contributed by atoms with van der Waals surface area (Å²) in [6, 6.07) is 16.1. The van der Waals surface area contributed by atoms with Crippen LogP contribution in [0.15, 0.2) is 69.0 Å². The fourth-order valence-electron chi connectivity index (χ4n) is 1.87. The first-order valence-corrected chi connectivity index (χ1v) is 7.41. The van der Waals surface area contributed by atoms with Gasteiger partial charge in [-0.2, -0.15) is 0 Å². The minimum absolute atomic E-state index is 0.790. The van der Waals surface area contributed by atoms with Gasteiger partial charge in [-0.1, -0.05) is 27.7 Å². The van der Waals surface area contributed by atoms with Gasteiger partial charge >= 0.3 is 0 Å². The average molecular weight is 331 g/mol. The summed E-state index contributed by atoms with van der Waals surface area (Å²) < 4.78 is 1.08. The molecule has 0 saturated carbocycles. The normalized spacial score (nSPS) is 10.8. The Labute approximate surface area is 124 Å². The zero-order valence-corrected chi connectivity index (χ0v) is 12.4. The summed E-state index contributed by atoms with van der Waals surface area (Å²) in [6.07, 6.45) is 1.78. The van der Waals surface area contributed by atoms with E-state index in [1.165, 1.54) is 0 Å². The number of hydrogen-bond donors (Lipinski definition) is 1. The number of fused-ring (bicyclic) bond motifs is 1. The summed E-state index contributed by atoms with van der Waals surface area (Å²) in [4.78, 5) is 6.53. The highest BCUT2D eigenvalue weighted by Gasteiger charge is 2.06. The summed E-state index contributed by atoms with van der Waals surface area (Å²) in [5.41, 5.74) is 7.95. The zero-order valence-electron chi connectivity index (χ0n) is 10.0. The Bertz CT molecular complexity index is 726. The molecule has 0 bridgehead atoms. The van der Waals surface area contributed by atoms with Crippen molar-refractivity contribution in [2.24, 2.45) is 0 Å². The molecule has 1 heterocycles. The van der Waals surface area contributed by atoms with Gasteiger partial charge in [-0.3, -0.25) is 4.98 Å². The van der Waals surface area contributed by atoms with Gasteiger partial charge in [-0.15, -0.1) is 0 Å². The number of nitrogen functional groups attached to an aromatic ring is 1. The third-order valence-electron chi connectivity index (χ3n) is 2.83. The number of nitrogens with two attached hydrogens (primary N) is 1. The van der Waals surface area contributed by atoms with E-state index in [0.29, 0.717) is 0 Å². The van der Waals surface area contributed by atoms with Crippen LogP contribution >= 0.6 is 27.7 Å². The topological polar surface area (TPSA) is 38.9 Å². The minimum Gasteiger partial charge on any atom is -0.397 e. The van der Waals surface area contributed by atoms with Crippen molar-refractivity contribution in [3.63, 3.8) is 0 Å². The van der Waals surface area contributed by atoms with Crippen LogP contribution in [-0.4, -0.2) is 4.98 Å². The fourth-order valence-corrected chi connectivity index (χ4v) is 3.02. The third kappa shape index (κ3) is 2.60. The summed E-state index contributed by atoms with van der Waals surface area (Å²) in [6.45, 7) is 0. The van der Waals surface area contributed by atoms with Crippen molar-refractivity contribution in [3.05, 3.63) is 59.2 Å². The monoisotopic (exact) mass is 330 g/mol. The molecule has 0 unspecified atom stereocenters. The van der Waals surface area contributed by atoms with Crippen LogP contribution < -0.4 is 5.73 Å². The van der Waals surface area contributed by atoms with E-state index in [1.807, 2.05) is 36.4 Å². The van der Waals surface area contributed by atoms with Gasteiger partial charge in [-0.05, 0) is 48.5 Å². The third-order valence-corrected chi connectivity index (χ3v) is 4.44. The lowest BCUT2D eigenvalue weighted by Crippen LogP contribution is -1.91. The second-order valence-corrected chi connectivity index (χ2v) is 6.13. The molecule has 3 rings (SSSR count). The molecule has 0 spiro atoms. The lowest BCUT2D eigenvalue weighted by atomic mass is 10.2. The predicted octanol–water partition coefficient (Wildman–Crippen LogP) is 4.73. The Kier molecular flexibility index (Phi) is 3.44. The molecule has 0 radical (unpaired) electrons. The fraction of sp³-hybridized carbons (Fsp3) is 0. The molecule has 94 valence electrons. The van der Waals surface area contributed by atoms with Crippen molar-refractivity contribution < 1.29 is 0 Å². The molecule has 2 aromatic carbocycles. The molecule has 0 atom stereocenters. The summed E-state index contributed by atoms with van der Waals surface area (Å²) in [5, 5.41) is 1.00. The molecule has 0 saturated heterocycles. The molecule has 19 heavy (non-hydrogen) atoms. The molecule has 4 heteroatoms. The van der Waals surface area contributed by atoms with Crippen molar-refractivity contribution in [2.45, 2.75) is 9.79 Å². The van der Waals surface area contributed by atoms with Crippen LogP contribution in [0.3, 0.4) is 0 Å². The maximum absolute atomic E-state index is 6.23. The largest absolute Gasteiger partial charge is 0.397 e. The minimum atomic E-state index is 0.790. The maximum atomic E-state index is 6.23. The first-order chi connectivity index (χ1) is 9.24. The highest BCUT2D eigenvalue weighted by Crippen LogP contribution is 2.36. The second kappa shape index (κ2) is 5.23. The van der Waals surface area contributed by atoms with E-state index >= 15 is 0 Å². The summed E-state index contributed by atoms with van der Waals surface area (Å²) in [7, 11) is 0. The second-order valence-electron chi connectivity index (χ2n) is 4.10. The van der Waals surface area contributed by atoms with Crippen LogP contribution in [0.25, 0.3) is 10.9 Å². The van der Waals surface area contributed by atoms with Crippen LogP contribution in [0.2, 0.25) is 0 Å². The SMILES string of the molecule is Nc1c(Sc2ccc(Br)cc2)ccc2ncccc12. The first kappa shape index (κ1) is 12.5. The van der Waals surface area contributed by atoms with Crippen molar-refractivity contribution in [1.82, 2.24) is 4.98 Å². The molecule has 0 aliphatic heterocycles. The highest BCUT2D eigenvalue weighted by atomic mass is 79.9. The Hall–Kier alpha value is -1.52. The van der Waals surface area contributed by atoms with E-state index in [-0.39, 0.29) is 0 Å². The molecule has 2 nitrogen and oxygen atoms in total. The summed E-state index contributed by atoms with van der Waals surface area (Å²) in [5.74, 6) is 0. The van der Waals surface area contributed by atoms with E-state index in [0.717, 1.165) is 30.9 Å². The molecule has 1 aromatic heterocycles. The maximum Gasteiger partial charge on any atom is 0.0723 e. The highest BCUT2D eigenvalue weighted by molar-refractivity contribution is 9.10. The van der Waals surface area contributed by atoms with Gasteiger partial charge in [0.05, 0.1) is 11.2 Å². The Morgan fingerprint density at radius 3 is 2.58 bits per heavy atom. The molecule has 0 amide bonds. The Morgan fingerprint density at radius 2 is 1.79 bits per heavy atom. The van der Waals surface area contributed by atoms with E-state index in [1.54, 1.807) is 18.0 Å². The molecule has 0 aliphatic rings. The molecular weight excluding hydrogens is 320 g/mol. The smallest absolute Gasteiger partial charge is 0.0723 e. The number of pyridine rings is 1. The van der Waals surface area contributed by atoms with E-state index < -0.39 is 0 Å². The number of aromatic nitrogens is 1. The van der Waals surface area contributed by atoms with Gasteiger partial charge in [0, 0.05) is 25.8 Å². The Morgan fingerprint density at radius 1 is 1.00 bits per heavy atom. The van der Waals surface area contributed by atoms with E-state index in [9.17, 15) is 0 Å². The van der Waals surface area contributed by atoms with Crippen molar-refractivity contribution in [3.8, 4) is 0 Å². The van der Waals surface area contributed by atoms with Gasteiger partial charge in [0.25, 0.3) is 0 Å². The number of rotatable bonds is 2. The standard InChI is InChI=1S/C15H11BrN2S/c16-10-3-5-11(6-4-10)19-14-8-7-13-12(15(14)17)2-1-9-18-13/h1-9H,17H2. The number of halogens is 1. The average Bonchev–Trinajstić information content (AvgIpc) is 2.45. The quantitative estimate of drug-likeness (QED) is 0.690. The van der Waals surface area contributed by atoms with Crippen LogP contribution in [0.4, 0.5) is 5.69 Å². The van der Waals surface area contributed by atoms with Crippen LogP contribution in [0.1, 0.15) is 0 Å². The molecule has 0 aliphatic carbocycles. The Balaban J connectivity index is 2.01. The number of anilines is 1. The van der Waals surface area contributed by atoms with Gasteiger partial charge in [0.15, 0.2) is 0 Å². The van der Waals surface area contributed by atoms with Crippen LogP contribution in [0.5, 0.6) is 0 Å². The van der Waals surface area contributed by atoms with Crippen molar-refractivity contribution in [2.75, 3.05) is 5.73 Å². The van der Waals surface area contributed by atoms with Crippen molar-refractivity contribution in [1.29, 1.82) is 0 Å². The predicted molar refractivity (Wildman–Crippen MR) is 84.4 cm³/mol. The lowest BCUT2D eigenvalue weighted by Gasteiger charge is -2.08. The van der Waals surface area contributed by atoms with Gasteiger partial charge in [0.1, 0.15) is 0 Å². The van der Waals surface area contributed by atoms with Crippen LogP contribution in [-0.2, 0) is 0 Å². The zero-order chi connectivity index (χ0) is 13.2. The number of hydrogen-bond acceptors (Lipinski definition) is 3. The van der Waals surface area contributed by atoms with Crippen molar-refractivity contribution >= 4 is 44.3 Å². The van der Waals surface area contributed by atoms with E-state index in [4.69, 9.17) is 5.73 Å². The molecule has 0 fully saturated rings. The van der Waals surface area contributed by atoms with E-state index in [2.05, 4.69) is 33.0 Å². The number of benzene rings is 2. The van der Waals surface area contributed by atoms with Gasteiger partial charge < -0.3 is 5.73 Å². The molecule has 2 N–H and O–H groups in total. The van der Waals surface area contributed by atoms with Gasteiger partial charge in [-0.25, -0.2) is 0 Å².